The Bertz CT molecular complexity index is 323. The van der Waals surface area contributed by atoms with Crippen molar-refractivity contribution in [3.8, 4) is 0 Å². The van der Waals surface area contributed by atoms with Crippen molar-refractivity contribution in [2.24, 2.45) is 5.92 Å². The molecule has 2 atom stereocenters. The molecular weight excluding hydrogens is 250 g/mol. The standard InChI is InChI=1S/C13H27NO3S/c1-4-11(3)13(14-5-2)10-18(15,16)12-6-8-17-9-7-12/h11-14H,4-10H2,1-3H3. The van der Waals surface area contributed by atoms with E-state index in [0.29, 0.717) is 32.0 Å². The molecule has 0 spiro atoms. The van der Waals surface area contributed by atoms with Crippen LogP contribution in [0.25, 0.3) is 0 Å². The largest absolute Gasteiger partial charge is 0.381 e. The normalized spacial score (nSPS) is 21.7. The summed E-state index contributed by atoms with van der Waals surface area (Å²) in [5.41, 5.74) is 0. The van der Waals surface area contributed by atoms with Gasteiger partial charge in [-0.15, -0.1) is 0 Å². The highest BCUT2D eigenvalue weighted by Gasteiger charge is 2.31. The molecule has 0 aromatic rings. The Morgan fingerprint density at radius 2 is 1.89 bits per heavy atom. The van der Waals surface area contributed by atoms with Crippen molar-refractivity contribution >= 4 is 9.84 Å². The molecule has 18 heavy (non-hydrogen) atoms. The fraction of sp³-hybridized carbons (Fsp3) is 1.00. The Balaban J connectivity index is 2.65. The highest BCUT2D eigenvalue weighted by atomic mass is 32.2. The molecule has 0 bridgehead atoms. The van der Waals surface area contributed by atoms with Crippen molar-refractivity contribution in [1.82, 2.24) is 5.32 Å². The summed E-state index contributed by atoms with van der Waals surface area (Å²) < 4.78 is 30.0. The molecule has 4 nitrogen and oxygen atoms in total. The average Bonchev–Trinajstić information content (AvgIpc) is 2.38. The highest BCUT2D eigenvalue weighted by Crippen LogP contribution is 2.19. The molecule has 1 heterocycles. The Morgan fingerprint density at radius 1 is 1.28 bits per heavy atom. The van der Waals surface area contributed by atoms with Crippen LogP contribution in [0, 0.1) is 5.92 Å². The lowest BCUT2D eigenvalue weighted by molar-refractivity contribution is 0.0983. The highest BCUT2D eigenvalue weighted by molar-refractivity contribution is 7.92. The molecule has 1 fully saturated rings. The van der Waals surface area contributed by atoms with Crippen LogP contribution in [0.5, 0.6) is 0 Å². The van der Waals surface area contributed by atoms with Gasteiger partial charge in [-0.2, -0.15) is 0 Å². The lowest BCUT2D eigenvalue weighted by Gasteiger charge is -2.28. The number of hydrogen-bond donors (Lipinski definition) is 1. The minimum absolute atomic E-state index is 0.0767. The summed E-state index contributed by atoms with van der Waals surface area (Å²) in [6.45, 7) is 8.23. The summed E-state index contributed by atoms with van der Waals surface area (Å²) in [5, 5.41) is 3.12. The molecular formula is C13H27NO3S. The second kappa shape index (κ2) is 7.46. The number of hydrogen-bond acceptors (Lipinski definition) is 4. The van der Waals surface area contributed by atoms with Gasteiger partial charge in [0.2, 0.25) is 0 Å². The first-order valence-electron chi connectivity index (χ1n) is 7.04. The maximum atomic E-state index is 12.4. The molecule has 0 radical (unpaired) electrons. The molecule has 0 aromatic heterocycles. The molecule has 2 unspecified atom stereocenters. The van der Waals surface area contributed by atoms with Gasteiger partial charge in [0.15, 0.2) is 9.84 Å². The number of sulfone groups is 1. The van der Waals surface area contributed by atoms with E-state index in [9.17, 15) is 8.42 Å². The van der Waals surface area contributed by atoms with Crippen LogP contribution in [0.2, 0.25) is 0 Å². The molecule has 108 valence electrons. The van der Waals surface area contributed by atoms with E-state index in [1.165, 1.54) is 0 Å². The van der Waals surface area contributed by atoms with Crippen molar-refractivity contribution in [2.45, 2.75) is 51.3 Å². The van der Waals surface area contributed by atoms with E-state index in [0.717, 1.165) is 13.0 Å². The van der Waals surface area contributed by atoms with Crippen LogP contribution in [0.15, 0.2) is 0 Å². The summed E-state index contributed by atoms with van der Waals surface area (Å²) in [5.74, 6) is 0.653. The molecule has 5 heteroatoms. The van der Waals surface area contributed by atoms with Crippen LogP contribution < -0.4 is 5.32 Å². The van der Waals surface area contributed by atoms with E-state index >= 15 is 0 Å². The zero-order valence-corrected chi connectivity index (χ0v) is 12.6. The molecule has 1 rings (SSSR count). The molecule has 0 aromatic carbocycles. The van der Waals surface area contributed by atoms with E-state index in [2.05, 4.69) is 19.2 Å². The minimum atomic E-state index is -3.00. The lowest BCUT2D eigenvalue weighted by atomic mass is 10.0. The van der Waals surface area contributed by atoms with E-state index in [-0.39, 0.29) is 17.0 Å². The minimum Gasteiger partial charge on any atom is -0.381 e. The maximum Gasteiger partial charge on any atom is 0.154 e. The van der Waals surface area contributed by atoms with Crippen LogP contribution in [-0.4, -0.2) is 45.2 Å². The molecule has 1 aliphatic rings. The van der Waals surface area contributed by atoms with Crippen LogP contribution in [-0.2, 0) is 14.6 Å². The molecule has 1 saturated heterocycles. The van der Waals surface area contributed by atoms with Crippen LogP contribution in [0.1, 0.15) is 40.0 Å². The Morgan fingerprint density at radius 3 is 2.39 bits per heavy atom. The van der Waals surface area contributed by atoms with Crippen molar-refractivity contribution in [2.75, 3.05) is 25.5 Å². The van der Waals surface area contributed by atoms with Crippen molar-refractivity contribution < 1.29 is 13.2 Å². The summed E-state index contributed by atoms with van der Waals surface area (Å²) >= 11 is 0. The Kier molecular flexibility index (Phi) is 6.60. The first-order chi connectivity index (χ1) is 8.51. The van der Waals surface area contributed by atoms with E-state index in [4.69, 9.17) is 4.74 Å². The Labute approximate surface area is 111 Å². The zero-order chi connectivity index (χ0) is 13.6. The Hall–Kier alpha value is -0.130. The van der Waals surface area contributed by atoms with Gasteiger partial charge in [-0.05, 0) is 25.3 Å². The van der Waals surface area contributed by atoms with Crippen molar-refractivity contribution in [1.29, 1.82) is 0 Å². The van der Waals surface area contributed by atoms with E-state index in [1.807, 2.05) is 6.92 Å². The number of nitrogens with one attached hydrogen (secondary N) is 1. The SMILES string of the molecule is CCNC(CS(=O)(=O)C1CCOCC1)C(C)CC. The van der Waals surface area contributed by atoms with Gasteiger partial charge in [-0.3, -0.25) is 0 Å². The zero-order valence-electron chi connectivity index (χ0n) is 11.8. The third-order valence-electron chi connectivity index (χ3n) is 3.89. The number of rotatable bonds is 7. The summed E-state index contributed by atoms with van der Waals surface area (Å²) in [6, 6.07) is 0.0767. The third kappa shape index (κ3) is 4.52. The molecule has 0 saturated carbocycles. The monoisotopic (exact) mass is 277 g/mol. The fourth-order valence-corrected chi connectivity index (χ4v) is 4.52. The predicted octanol–water partition coefficient (Wildman–Crippen LogP) is 1.60. The van der Waals surface area contributed by atoms with E-state index < -0.39 is 9.84 Å². The van der Waals surface area contributed by atoms with Crippen LogP contribution in [0.4, 0.5) is 0 Å². The summed E-state index contributed by atoms with van der Waals surface area (Å²) in [6.07, 6.45) is 2.31. The van der Waals surface area contributed by atoms with E-state index in [1.54, 1.807) is 0 Å². The quantitative estimate of drug-likeness (QED) is 0.768. The lowest BCUT2D eigenvalue weighted by Crippen LogP contribution is -2.43. The summed E-state index contributed by atoms with van der Waals surface area (Å²) in [4.78, 5) is 0. The van der Waals surface area contributed by atoms with Gasteiger partial charge in [0.25, 0.3) is 0 Å². The molecule has 1 aliphatic heterocycles. The topological polar surface area (TPSA) is 55.4 Å². The second-order valence-corrected chi connectivity index (χ2v) is 7.52. The fourth-order valence-electron chi connectivity index (χ4n) is 2.39. The predicted molar refractivity (Wildman–Crippen MR) is 74.5 cm³/mol. The number of ether oxygens (including phenoxy) is 1. The van der Waals surface area contributed by atoms with Crippen LogP contribution >= 0.6 is 0 Å². The maximum absolute atomic E-state index is 12.4. The van der Waals surface area contributed by atoms with Gasteiger partial charge in [0, 0.05) is 19.3 Å². The van der Waals surface area contributed by atoms with Gasteiger partial charge >= 0.3 is 0 Å². The third-order valence-corrected chi connectivity index (χ3v) is 6.20. The van der Waals surface area contributed by atoms with Crippen LogP contribution in [0.3, 0.4) is 0 Å². The van der Waals surface area contributed by atoms with Gasteiger partial charge in [0.1, 0.15) is 0 Å². The average molecular weight is 277 g/mol. The van der Waals surface area contributed by atoms with Gasteiger partial charge in [0.05, 0.1) is 11.0 Å². The molecule has 0 amide bonds. The van der Waals surface area contributed by atoms with Crippen molar-refractivity contribution in [3.63, 3.8) is 0 Å². The first kappa shape index (κ1) is 15.9. The molecule has 1 N–H and O–H groups in total. The smallest absolute Gasteiger partial charge is 0.154 e. The van der Waals surface area contributed by atoms with Gasteiger partial charge in [-0.1, -0.05) is 27.2 Å². The van der Waals surface area contributed by atoms with Gasteiger partial charge < -0.3 is 10.1 Å². The molecule has 0 aliphatic carbocycles. The van der Waals surface area contributed by atoms with Crippen molar-refractivity contribution in [3.05, 3.63) is 0 Å². The summed E-state index contributed by atoms with van der Waals surface area (Å²) in [7, 11) is -3.00. The first-order valence-corrected chi connectivity index (χ1v) is 8.75. The van der Waals surface area contributed by atoms with Gasteiger partial charge in [-0.25, -0.2) is 8.42 Å². The second-order valence-electron chi connectivity index (χ2n) is 5.19.